The van der Waals surface area contributed by atoms with Crippen LogP contribution < -0.4 is 5.11 Å². The molecule has 0 heterocycles. The van der Waals surface area contributed by atoms with Crippen molar-refractivity contribution in [1.82, 2.24) is 0 Å². The summed E-state index contributed by atoms with van der Waals surface area (Å²) in [5.41, 5.74) is 2.14. The molecule has 1 N–H and O–H groups in total. The maximum atomic E-state index is 10.5. The van der Waals surface area contributed by atoms with Gasteiger partial charge in [0.05, 0.1) is 0 Å². The summed E-state index contributed by atoms with van der Waals surface area (Å²) in [6.07, 6.45) is -0.163. The van der Waals surface area contributed by atoms with Crippen molar-refractivity contribution in [3.8, 4) is 5.75 Å². The predicted molar refractivity (Wildman–Crippen MR) is 60.3 cm³/mol. The van der Waals surface area contributed by atoms with E-state index < -0.39 is 5.97 Å². The molecule has 0 fully saturated rings. The molecule has 0 saturated heterocycles. The summed E-state index contributed by atoms with van der Waals surface area (Å²) in [5, 5.41) is 20.4. The lowest BCUT2D eigenvalue weighted by molar-refractivity contribution is -0.304. The molecular formula is C13H17O3-. The van der Waals surface area contributed by atoms with Crippen molar-refractivity contribution >= 4 is 5.97 Å². The summed E-state index contributed by atoms with van der Waals surface area (Å²) in [4.78, 5) is 10.5. The van der Waals surface area contributed by atoms with Crippen LogP contribution in [0.15, 0.2) is 12.1 Å². The Labute approximate surface area is 95.7 Å². The van der Waals surface area contributed by atoms with Crippen LogP contribution in [0.2, 0.25) is 0 Å². The Kier molecular flexibility index (Phi) is 3.27. The number of carbonyl (C=O) groups excluding carboxylic acids is 1. The van der Waals surface area contributed by atoms with E-state index in [0.29, 0.717) is 5.56 Å². The number of rotatable bonds is 2. The van der Waals surface area contributed by atoms with Crippen molar-refractivity contribution in [2.24, 2.45) is 0 Å². The standard InChI is InChI=1S/C13H18O3/c1-8-5-10(13(2,3)4)11(14)6-9(8)7-12(15)16/h5-6,14H,7H2,1-4H3,(H,15,16)/p-1. The third-order valence-electron chi connectivity index (χ3n) is 2.60. The van der Waals surface area contributed by atoms with Crippen LogP contribution in [0.1, 0.15) is 37.5 Å². The van der Waals surface area contributed by atoms with E-state index in [-0.39, 0.29) is 17.6 Å². The fourth-order valence-electron chi connectivity index (χ4n) is 1.69. The number of phenols is 1. The summed E-state index contributed by atoms with van der Waals surface area (Å²) < 4.78 is 0. The van der Waals surface area contributed by atoms with Crippen LogP contribution >= 0.6 is 0 Å². The van der Waals surface area contributed by atoms with Gasteiger partial charge in [-0.15, -0.1) is 0 Å². The van der Waals surface area contributed by atoms with Gasteiger partial charge in [0, 0.05) is 12.4 Å². The van der Waals surface area contributed by atoms with Crippen LogP contribution in [0.4, 0.5) is 0 Å². The number of carbonyl (C=O) groups is 1. The highest BCUT2D eigenvalue weighted by molar-refractivity contribution is 5.69. The van der Waals surface area contributed by atoms with Gasteiger partial charge in [-0.3, -0.25) is 0 Å². The zero-order chi connectivity index (χ0) is 12.5. The predicted octanol–water partition coefficient (Wildman–Crippen LogP) is 1.29. The fourth-order valence-corrected chi connectivity index (χ4v) is 1.69. The maximum Gasteiger partial charge on any atom is 0.119 e. The van der Waals surface area contributed by atoms with Gasteiger partial charge in [-0.05, 0) is 35.1 Å². The Morgan fingerprint density at radius 2 is 1.94 bits per heavy atom. The second-order valence-electron chi connectivity index (χ2n) is 5.09. The van der Waals surface area contributed by atoms with Gasteiger partial charge >= 0.3 is 0 Å². The monoisotopic (exact) mass is 221 g/mol. The van der Waals surface area contributed by atoms with E-state index in [4.69, 9.17) is 0 Å². The van der Waals surface area contributed by atoms with Crippen molar-refractivity contribution in [3.05, 3.63) is 28.8 Å². The number of carboxylic acids is 1. The topological polar surface area (TPSA) is 60.4 Å². The zero-order valence-corrected chi connectivity index (χ0v) is 10.1. The molecule has 0 bridgehead atoms. The molecule has 0 unspecified atom stereocenters. The summed E-state index contributed by atoms with van der Waals surface area (Å²) in [6.45, 7) is 7.84. The molecule has 1 aromatic carbocycles. The Balaban J connectivity index is 3.22. The zero-order valence-electron chi connectivity index (χ0n) is 10.1. The summed E-state index contributed by atoms with van der Waals surface area (Å²) in [7, 11) is 0. The number of aryl methyl sites for hydroxylation is 1. The molecule has 0 aliphatic carbocycles. The molecule has 0 saturated carbocycles. The Hall–Kier alpha value is -1.51. The van der Waals surface area contributed by atoms with E-state index in [9.17, 15) is 15.0 Å². The lowest BCUT2D eigenvalue weighted by atomic mass is 9.84. The first-order chi connectivity index (χ1) is 7.21. The van der Waals surface area contributed by atoms with E-state index in [1.54, 1.807) is 0 Å². The number of carboxylic acid groups (broad SMARTS) is 1. The van der Waals surface area contributed by atoms with Gasteiger partial charge in [0.15, 0.2) is 0 Å². The molecule has 0 atom stereocenters. The lowest BCUT2D eigenvalue weighted by Gasteiger charge is -2.22. The molecule has 16 heavy (non-hydrogen) atoms. The third kappa shape index (κ3) is 2.75. The molecular weight excluding hydrogens is 204 g/mol. The number of aliphatic carboxylic acids is 1. The normalized spacial score (nSPS) is 11.5. The van der Waals surface area contributed by atoms with E-state index in [1.165, 1.54) is 6.07 Å². The minimum atomic E-state index is -1.13. The van der Waals surface area contributed by atoms with Crippen LogP contribution in [-0.2, 0) is 16.6 Å². The largest absolute Gasteiger partial charge is 0.550 e. The van der Waals surface area contributed by atoms with E-state index in [0.717, 1.165) is 11.1 Å². The van der Waals surface area contributed by atoms with Crippen molar-refractivity contribution in [1.29, 1.82) is 0 Å². The number of aromatic hydroxyl groups is 1. The minimum absolute atomic E-state index is 0.148. The first-order valence-electron chi connectivity index (χ1n) is 5.24. The van der Waals surface area contributed by atoms with Crippen molar-refractivity contribution in [2.75, 3.05) is 0 Å². The molecule has 3 heteroatoms. The SMILES string of the molecule is Cc1cc(C(C)(C)C)c(O)cc1CC(=O)[O-]. The van der Waals surface area contributed by atoms with Crippen LogP contribution in [0.5, 0.6) is 5.75 Å². The molecule has 0 aliphatic heterocycles. The fraction of sp³-hybridized carbons (Fsp3) is 0.462. The van der Waals surface area contributed by atoms with Crippen molar-refractivity contribution in [2.45, 2.75) is 39.5 Å². The first kappa shape index (κ1) is 12.6. The van der Waals surface area contributed by atoms with Gasteiger partial charge in [-0.2, -0.15) is 0 Å². The maximum absolute atomic E-state index is 10.5. The molecule has 0 amide bonds. The highest BCUT2D eigenvalue weighted by Gasteiger charge is 2.19. The van der Waals surface area contributed by atoms with E-state index in [2.05, 4.69) is 0 Å². The second-order valence-corrected chi connectivity index (χ2v) is 5.09. The number of hydrogen-bond acceptors (Lipinski definition) is 3. The van der Waals surface area contributed by atoms with Crippen LogP contribution in [0, 0.1) is 6.92 Å². The van der Waals surface area contributed by atoms with Gasteiger partial charge in [-0.1, -0.05) is 26.8 Å². The van der Waals surface area contributed by atoms with Gasteiger partial charge in [0.25, 0.3) is 0 Å². The Morgan fingerprint density at radius 1 is 1.38 bits per heavy atom. The summed E-state index contributed by atoms with van der Waals surface area (Å²) >= 11 is 0. The smallest absolute Gasteiger partial charge is 0.119 e. The molecule has 1 aromatic rings. The number of hydrogen-bond donors (Lipinski definition) is 1. The van der Waals surface area contributed by atoms with Gasteiger partial charge in [0.1, 0.15) is 5.75 Å². The Bertz CT molecular complexity index is 414. The highest BCUT2D eigenvalue weighted by Crippen LogP contribution is 2.32. The van der Waals surface area contributed by atoms with Gasteiger partial charge in [-0.25, -0.2) is 0 Å². The average Bonchev–Trinajstić information content (AvgIpc) is 2.07. The molecule has 3 nitrogen and oxygen atoms in total. The van der Waals surface area contributed by atoms with Crippen molar-refractivity contribution < 1.29 is 15.0 Å². The van der Waals surface area contributed by atoms with Gasteiger partial charge < -0.3 is 15.0 Å². The molecule has 88 valence electrons. The van der Waals surface area contributed by atoms with Gasteiger partial charge in [0.2, 0.25) is 0 Å². The molecule has 0 aromatic heterocycles. The van der Waals surface area contributed by atoms with Crippen LogP contribution in [-0.4, -0.2) is 11.1 Å². The molecule has 0 spiro atoms. The number of benzene rings is 1. The summed E-state index contributed by atoms with van der Waals surface area (Å²) in [6, 6.07) is 3.36. The average molecular weight is 221 g/mol. The summed E-state index contributed by atoms with van der Waals surface area (Å²) in [5.74, 6) is -0.986. The third-order valence-corrected chi connectivity index (χ3v) is 2.60. The minimum Gasteiger partial charge on any atom is -0.550 e. The lowest BCUT2D eigenvalue weighted by Crippen LogP contribution is -2.25. The molecule has 1 rings (SSSR count). The van der Waals surface area contributed by atoms with E-state index >= 15 is 0 Å². The molecule has 0 aliphatic rings. The second kappa shape index (κ2) is 4.16. The quantitative estimate of drug-likeness (QED) is 0.818. The van der Waals surface area contributed by atoms with Crippen LogP contribution in [0.3, 0.4) is 0 Å². The van der Waals surface area contributed by atoms with E-state index in [1.807, 2.05) is 33.8 Å². The highest BCUT2D eigenvalue weighted by atomic mass is 16.4. The first-order valence-corrected chi connectivity index (χ1v) is 5.24. The molecule has 0 radical (unpaired) electrons. The Morgan fingerprint density at radius 3 is 2.38 bits per heavy atom. The number of phenolic OH excluding ortho intramolecular Hbond substituents is 1. The van der Waals surface area contributed by atoms with Crippen molar-refractivity contribution in [3.63, 3.8) is 0 Å². The van der Waals surface area contributed by atoms with Crippen LogP contribution in [0.25, 0.3) is 0 Å².